The van der Waals surface area contributed by atoms with E-state index >= 15 is 0 Å². The molecule has 0 atom stereocenters. The van der Waals surface area contributed by atoms with Crippen LogP contribution in [0.15, 0.2) is 53.9 Å². The zero-order chi connectivity index (χ0) is 19.8. The first-order valence-electron chi connectivity index (χ1n) is 9.75. The molecule has 29 heavy (non-hydrogen) atoms. The van der Waals surface area contributed by atoms with E-state index in [-0.39, 0.29) is 24.0 Å². The second-order valence-corrected chi connectivity index (χ2v) is 6.88. The van der Waals surface area contributed by atoms with Gasteiger partial charge < -0.3 is 20.2 Å². The van der Waals surface area contributed by atoms with Crippen molar-refractivity contribution in [2.24, 2.45) is 4.99 Å². The number of nitrogens with one attached hydrogen (secondary N) is 3. The van der Waals surface area contributed by atoms with E-state index < -0.39 is 0 Å². The molecule has 0 unspecified atom stereocenters. The lowest BCUT2D eigenvalue weighted by Crippen LogP contribution is -2.40. The maximum Gasteiger partial charge on any atom is 0.191 e. The zero-order valence-corrected chi connectivity index (χ0v) is 19.4. The van der Waals surface area contributed by atoms with Gasteiger partial charge in [-0.15, -0.1) is 34.2 Å². The number of aliphatic imine (C=N–C) groups is 1. The molecule has 0 aliphatic heterocycles. The van der Waals surface area contributed by atoms with Crippen LogP contribution in [0.5, 0.6) is 0 Å². The molecule has 156 valence electrons. The van der Waals surface area contributed by atoms with Gasteiger partial charge in [0.05, 0.1) is 6.54 Å². The summed E-state index contributed by atoms with van der Waals surface area (Å²) in [4.78, 5) is 7.94. The van der Waals surface area contributed by atoms with Crippen LogP contribution in [0.2, 0.25) is 0 Å². The lowest BCUT2D eigenvalue weighted by molar-refractivity contribution is 0.632. The fraction of sp³-hybridized carbons (Fsp3) is 0.381. The van der Waals surface area contributed by atoms with E-state index in [1.165, 1.54) is 16.5 Å². The monoisotopic (exact) mass is 507 g/mol. The first-order valence-corrected chi connectivity index (χ1v) is 9.75. The van der Waals surface area contributed by atoms with Gasteiger partial charge in [0.25, 0.3) is 0 Å². The molecule has 0 spiro atoms. The molecule has 7 nitrogen and oxygen atoms in total. The van der Waals surface area contributed by atoms with Gasteiger partial charge in [-0.3, -0.25) is 0 Å². The fourth-order valence-electron chi connectivity index (χ4n) is 3.08. The summed E-state index contributed by atoms with van der Waals surface area (Å²) in [6, 6.07) is 8.37. The number of fused-ring (bicyclic) bond motifs is 1. The Morgan fingerprint density at radius 1 is 1.24 bits per heavy atom. The maximum atomic E-state index is 4.61. The third-order valence-corrected chi connectivity index (χ3v) is 4.53. The molecular weight excluding hydrogens is 477 g/mol. The van der Waals surface area contributed by atoms with Crippen molar-refractivity contribution < 1.29 is 0 Å². The highest BCUT2D eigenvalue weighted by molar-refractivity contribution is 14.0. The topological polar surface area (TPSA) is 82.9 Å². The van der Waals surface area contributed by atoms with Crippen molar-refractivity contribution in [3.63, 3.8) is 0 Å². The lowest BCUT2D eigenvalue weighted by Gasteiger charge is -2.13. The average Bonchev–Trinajstić information content (AvgIpc) is 3.32. The van der Waals surface area contributed by atoms with E-state index in [1.54, 1.807) is 6.33 Å². The van der Waals surface area contributed by atoms with Crippen molar-refractivity contribution in [2.45, 2.75) is 33.2 Å². The Balaban J connectivity index is 0.00000300. The maximum absolute atomic E-state index is 4.61. The van der Waals surface area contributed by atoms with Crippen LogP contribution in [-0.2, 0) is 19.4 Å². The predicted octanol–water partition coefficient (Wildman–Crippen LogP) is 3.29. The summed E-state index contributed by atoms with van der Waals surface area (Å²) in [5, 5.41) is 16.2. The second kappa shape index (κ2) is 11.6. The summed E-state index contributed by atoms with van der Waals surface area (Å²) in [5.41, 5.74) is 3.51. The Bertz CT molecular complexity index is 941. The quantitative estimate of drug-likeness (QED) is 0.180. The van der Waals surface area contributed by atoms with Crippen molar-refractivity contribution in [3.05, 3.63) is 60.3 Å². The van der Waals surface area contributed by atoms with Crippen molar-refractivity contribution in [3.8, 4) is 0 Å². The Labute approximate surface area is 189 Å². The van der Waals surface area contributed by atoms with Crippen LogP contribution in [0.3, 0.4) is 0 Å². The van der Waals surface area contributed by atoms with Crippen LogP contribution >= 0.6 is 24.0 Å². The Morgan fingerprint density at radius 2 is 2.03 bits per heavy atom. The standard InChI is InChI=1S/C21H29N7.HI/c1-4-20-27-26-15-28(20)12-11-23-21(25-13-16(2)3)22-10-9-17-14-24-19-8-6-5-7-18(17)19;/h5-8,14-15,24H,2,4,9-13H2,1,3H3,(H2,22,23,25);1H. The first kappa shape index (κ1) is 22.9. The van der Waals surface area contributed by atoms with Gasteiger partial charge in [0.1, 0.15) is 12.2 Å². The van der Waals surface area contributed by atoms with E-state index in [1.807, 2.05) is 13.0 Å². The van der Waals surface area contributed by atoms with Gasteiger partial charge in [-0.2, -0.15) is 0 Å². The van der Waals surface area contributed by atoms with Gasteiger partial charge >= 0.3 is 0 Å². The summed E-state index contributed by atoms with van der Waals surface area (Å²) in [5.74, 6) is 1.79. The SMILES string of the molecule is C=C(C)CN=C(NCCc1c[nH]c2ccccc12)NCCn1cnnc1CC.I. The van der Waals surface area contributed by atoms with E-state index in [2.05, 4.69) is 73.3 Å². The molecule has 3 aromatic rings. The number of rotatable bonds is 9. The van der Waals surface area contributed by atoms with Gasteiger partial charge in [0, 0.05) is 43.2 Å². The second-order valence-electron chi connectivity index (χ2n) is 6.88. The highest BCUT2D eigenvalue weighted by Crippen LogP contribution is 2.17. The van der Waals surface area contributed by atoms with Crippen molar-refractivity contribution in [2.75, 3.05) is 19.6 Å². The van der Waals surface area contributed by atoms with Gasteiger partial charge in [-0.25, -0.2) is 4.99 Å². The van der Waals surface area contributed by atoms with Crippen molar-refractivity contribution in [1.82, 2.24) is 30.4 Å². The highest BCUT2D eigenvalue weighted by Gasteiger charge is 2.05. The molecule has 2 heterocycles. The number of hydrogen-bond acceptors (Lipinski definition) is 3. The molecule has 0 aliphatic carbocycles. The van der Waals surface area contributed by atoms with E-state index in [4.69, 9.17) is 0 Å². The molecular formula is C21H30IN7. The third-order valence-electron chi connectivity index (χ3n) is 4.53. The number of guanidine groups is 1. The number of nitrogens with zero attached hydrogens (tertiary/aromatic N) is 4. The zero-order valence-electron chi connectivity index (χ0n) is 17.1. The summed E-state index contributed by atoms with van der Waals surface area (Å²) >= 11 is 0. The molecule has 0 saturated heterocycles. The number of hydrogen-bond donors (Lipinski definition) is 3. The van der Waals surface area contributed by atoms with Crippen molar-refractivity contribution in [1.29, 1.82) is 0 Å². The van der Waals surface area contributed by atoms with E-state index in [9.17, 15) is 0 Å². The van der Waals surface area contributed by atoms with Crippen LogP contribution in [-0.4, -0.2) is 45.3 Å². The van der Waals surface area contributed by atoms with Crippen LogP contribution < -0.4 is 10.6 Å². The van der Waals surface area contributed by atoms with Crippen LogP contribution in [0.4, 0.5) is 0 Å². The van der Waals surface area contributed by atoms with Crippen LogP contribution in [0.25, 0.3) is 10.9 Å². The molecule has 0 amide bonds. The minimum atomic E-state index is 0. The minimum Gasteiger partial charge on any atom is -0.361 e. The van der Waals surface area contributed by atoms with Gasteiger partial charge in [0.2, 0.25) is 0 Å². The van der Waals surface area contributed by atoms with E-state index in [0.29, 0.717) is 6.54 Å². The van der Waals surface area contributed by atoms with Crippen LogP contribution in [0, 0.1) is 0 Å². The number of benzene rings is 1. The highest BCUT2D eigenvalue weighted by atomic mass is 127. The normalized spacial score (nSPS) is 11.3. The van der Waals surface area contributed by atoms with Crippen molar-refractivity contribution >= 4 is 40.8 Å². The van der Waals surface area contributed by atoms with Crippen LogP contribution in [0.1, 0.15) is 25.2 Å². The first-order chi connectivity index (χ1) is 13.7. The summed E-state index contributed by atoms with van der Waals surface area (Å²) in [6.45, 7) is 11.0. The molecule has 1 aromatic carbocycles. The molecule has 0 radical (unpaired) electrons. The molecule has 8 heteroatoms. The molecule has 2 aromatic heterocycles. The number of halogens is 1. The smallest absolute Gasteiger partial charge is 0.191 e. The fourth-order valence-corrected chi connectivity index (χ4v) is 3.08. The third kappa shape index (κ3) is 6.59. The molecule has 0 saturated carbocycles. The summed E-state index contributed by atoms with van der Waals surface area (Å²) < 4.78 is 2.06. The number of aromatic nitrogens is 4. The largest absolute Gasteiger partial charge is 0.361 e. The van der Waals surface area contributed by atoms with Gasteiger partial charge in [-0.1, -0.05) is 37.3 Å². The molecule has 0 fully saturated rings. The number of H-pyrrole nitrogens is 1. The Hall–Kier alpha value is -2.36. The van der Waals surface area contributed by atoms with E-state index in [0.717, 1.165) is 49.8 Å². The average molecular weight is 507 g/mol. The molecule has 3 rings (SSSR count). The predicted molar refractivity (Wildman–Crippen MR) is 130 cm³/mol. The minimum absolute atomic E-state index is 0. The van der Waals surface area contributed by atoms with Gasteiger partial charge in [-0.05, 0) is 25.0 Å². The number of aryl methyl sites for hydroxylation is 1. The molecule has 3 N–H and O–H groups in total. The number of para-hydroxylation sites is 1. The Morgan fingerprint density at radius 3 is 2.83 bits per heavy atom. The summed E-state index contributed by atoms with van der Waals surface area (Å²) in [6.07, 6.45) is 5.65. The Kier molecular flexibility index (Phi) is 9.17. The van der Waals surface area contributed by atoms with Gasteiger partial charge in [0.15, 0.2) is 5.96 Å². The summed E-state index contributed by atoms with van der Waals surface area (Å²) in [7, 11) is 0. The number of aromatic amines is 1. The lowest BCUT2D eigenvalue weighted by atomic mass is 10.1. The molecule has 0 bridgehead atoms. The molecule has 0 aliphatic rings.